The van der Waals surface area contributed by atoms with E-state index in [4.69, 9.17) is 14.1 Å². The van der Waals surface area contributed by atoms with Gasteiger partial charge in [-0.15, -0.1) is 0 Å². The third-order valence-electron chi connectivity index (χ3n) is 14.6. The van der Waals surface area contributed by atoms with Gasteiger partial charge in [0.2, 0.25) is 0 Å². The van der Waals surface area contributed by atoms with Gasteiger partial charge in [-0.05, 0) is 123 Å². The Morgan fingerprint density at radius 1 is 0.472 bits per heavy atom. The average Bonchev–Trinajstić information content (AvgIpc) is 4.05. The molecule has 0 atom stereocenters. The number of rotatable bonds is 7. The second kappa shape index (κ2) is 16.8. The Hall–Kier alpha value is -8.09. The summed E-state index contributed by atoms with van der Waals surface area (Å²) < 4.78 is 16.1. The summed E-state index contributed by atoms with van der Waals surface area (Å²) in [6, 6.07) is 65.7. The minimum atomic E-state index is -0.172. The first kappa shape index (κ1) is 45.1. The zero-order chi connectivity index (χ0) is 49.7. The molecule has 1 aliphatic heterocycles. The smallest absolute Gasteiger partial charge is 0.145 e. The first-order valence-electron chi connectivity index (χ1n) is 25.2. The van der Waals surface area contributed by atoms with Gasteiger partial charge < -0.3 is 19.0 Å². The molecule has 3 aromatic heterocycles. The first-order chi connectivity index (χ1) is 34.6. The molecule has 72 heavy (non-hydrogen) atoms. The number of para-hydroxylation sites is 3. The number of aromatic nitrogens is 2. The van der Waals surface area contributed by atoms with Crippen LogP contribution in [-0.2, 0) is 16.2 Å². The highest BCUT2D eigenvalue weighted by Gasteiger charge is 2.34. The minimum absolute atomic E-state index is 0.0648. The van der Waals surface area contributed by atoms with Crippen molar-refractivity contribution in [2.24, 2.45) is 0 Å². The van der Waals surface area contributed by atoms with Gasteiger partial charge in [-0.2, -0.15) is 0 Å². The lowest BCUT2D eigenvalue weighted by Crippen LogP contribution is -2.26. The van der Waals surface area contributed by atoms with Crippen LogP contribution in [0.3, 0.4) is 0 Å². The van der Waals surface area contributed by atoms with Crippen molar-refractivity contribution in [2.45, 2.75) is 78.6 Å². The Morgan fingerprint density at radius 2 is 1.07 bits per heavy atom. The predicted octanol–water partition coefficient (Wildman–Crippen LogP) is 18.3. The number of fused-ring (bicyclic) bond motifs is 8. The van der Waals surface area contributed by atoms with Crippen LogP contribution in [0.4, 0.5) is 22.7 Å². The molecular weight excluding hydrogens is 881 g/mol. The van der Waals surface area contributed by atoms with Crippen LogP contribution in [0.1, 0.15) is 79.0 Å². The summed E-state index contributed by atoms with van der Waals surface area (Å²) in [5.74, 6) is 2.36. The lowest BCUT2D eigenvalue weighted by molar-refractivity contribution is 0.479. The summed E-state index contributed by atoms with van der Waals surface area (Å²) in [7, 11) is 0. The Bertz CT molecular complexity index is 3820. The lowest BCUT2D eigenvalue weighted by Gasteiger charge is -2.30. The van der Waals surface area contributed by atoms with E-state index in [1.165, 1.54) is 44.6 Å². The summed E-state index contributed by atoms with van der Waals surface area (Å²) in [4.78, 5) is 9.98. The number of ether oxygens (including phenoxy) is 1. The van der Waals surface area contributed by atoms with Gasteiger partial charge in [0.15, 0.2) is 0 Å². The Kier molecular flexibility index (Phi) is 10.5. The Balaban J connectivity index is 1.01. The summed E-state index contributed by atoms with van der Waals surface area (Å²) in [5, 5.41) is 4.33. The average molecular weight is 941 g/mol. The quantitative estimate of drug-likeness (QED) is 0.159. The fourth-order valence-corrected chi connectivity index (χ4v) is 10.6. The molecule has 6 heteroatoms. The third-order valence-corrected chi connectivity index (χ3v) is 14.6. The maximum atomic E-state index is 7.12. The van der Waals surface area contributed by atoms with Gasteiger partial charge in [0.25, 0.3) is 0 Å². The highest BCUT2D eigenvalue weighted by Crippen LogP contribution is 2.52. The zero-order valence-electron chi connectivity index (χ0n) is 42.7. The number of hydrogen-bond acceptors (Lipinski definition) is 5. The molecule has 0 saturated heterocycles. The highest BCUT2D eigenvalue weighted by molar-refractivity contribution is 6.24. The molecule has 0 saturated carbocycles. The molecular formula is C66H60N4O2. The molecule has 0 radical (unpaired) electrons. The molecule has 12 rings (SSSR count). The molecule has 0 unspecified atom stereocenters. The molecule has 0 spiro atoms. The lowest BCUT2D eigenvalue weighted by atomic mass is 9.82. The van der Waals surface area contributed by atoms with E-state index in [1.54, 1.807) is 0 Å². The number of nitrogens with zero attached hydrogens (tertiary/aromatic N) is 4. The number of hydrogen-bond donors (Lipinski definition) is 0. The van der Waals surface area contributed by atoms with Crippen LogP contribution in [0.2, 0.25) is 0 Å². The first-order valence-corrected chi connectivity index (χ1v) is 25.2. The van der Waals surface area contributed by atoms with Crippen molar-refractivity contribution in [2.75, 3.05) is 16.5 Å². The van der Waals surface area contributed by atoms with Crippen molar-refractivity contribution in [3.05, 3.63) is 205 Å². The highest BCUT2D eigenvalue weighted by atomic mass is 16.5. The summed E-state index contributed by atoms with van der Waals surface area (Å²) in [6.45, 7) is 21.1. The topological polar surface area (TPSA) is 46.7 Å². The number of benzene rings is 8. The molecule has 8 aromatic carbocycles. The molecule has 356 valence electrons. The van der Waals surface area contributed by atoms with E-state index in [2.05, 4.69) is 247 Å². The van der Waals surface area contributed by atoms with E-state index in [9.17, 15) is 0 Å². The van der Waals surface area contributed by atoms with Crippen molar-refractivity contribution in [1.82, 2.24) is 9.55 Å². The molecule has 6 nitrogen and oxygen atoms in total. The van der Waals surface area contributed by atoms with Crippen LogP contribution in [-0.4, -0.2) is 16.2 Å². The summed E-state index contributed by atoms with van der Waals surface area (Å²) in [5.41, 5.74) is 16.5. The van der Waals surface area contributed by atoms with Crippen molar-refractivity contribution in [3.8, 4) is 39.6 Å². The van der Waals surface area contributed by atoms with Gasteiger partial charge in [-0.3, -0.25) is 4.57 Å². The van der Waals surface area contributed by atoms with Crippen molar-refractivity contribution in [1.29, 1.82) is 0 Å². The van der Waals surface area contributed by atoms with Crippen molar-refractivity contribution < 1.29 is 9.15 Å². The maximum absolute atomic E-state index is 7.12. The van der Waals surface area contributed by atoms with Gasteiger partial charge in [0.05, 0.1) is 33.5 Å². The number of furan rings is 1. The van der Waals surface area contributed by atoms with E-state index < -0.39 is 0 Å². The zero-order valence-corrected chi connectivity index (χ0v) is 42.7. The van der Waals surface area contributed by atoms with Crippen LogP contribution in [0.5, 0.6) is 11.5 Å². The Labute approximate surface area is 422 Å². The maximum Gasteiger partial charge on any atom is 0.145 e. The molecule has 0 amide bonds. The van der Waals surface area contributed by atoms with E-state index in [-0.39, 0.29) is 16.2 Å². The normalized spacial score (nSPS) is 13.2. The predicted molar refractivity (Wildman–Crippen MR) is 301 cm³/mol. The van der Waals surface area contributed by atoms with Crippen molar-refractivity contribution in [3.63, 3.8) is 0 Å². The third kappa shape index (κ3) is 7.77. The van der Waals surface area contributed by atoms with Gasteiger partial charge >= 0.3 is 0 Å². The van der Waals surface area contributed by atoms with Crippen LogP contribution in [0.25, 0.3) is 71.8 Å². The fraction of sp³-hybridized carbons (Fsp3) is 0.197. The minimum Gasteiger partial charge on any atom is -0.457 e. The van der Waals surface area contributed by atoms with E-state index >= 15 is 0 Å². The van der Waals surface area contributed by atoms with Gasteiger partial charge in [-0.25, -0.2) is 4.98 Å². The molecule has 1 aliphatic rings. The summed E-state index contributed by atoms with van der Waals surface area (Å²) >= 11 is 0. The van der Waals surface area contributed by atoms with Gasteiger partial charge in [0.1, 0.15) is 35.2 Å². The molecule has 4 heterocycles. The van der Waals surface area contributed by atoms with E-state index in [1.807, 2.05) is 18.3 Å². The standard InChI is InChI=1S/C66H60N4O2/c1-64(2,3)44-32-33-67-60(38-44)70-57-31-30-51-50-24-16-19-27-59(50)72-63(51)61(57)52-29-28-48(40-58(52)70)71-49-35-45(65(4,5)6)34-47(39-49)68-41-69(56-26-18-17-25-55(56)68)62-53(42-20-12-10-13-21-42)36-46(66(7,8)9)37-54(62)43-22-14-11-15-23-43/h10-40H,41H2,1-9H3. The van der Waals surface area contributed by atoms with Gasteiger partial charge in [0, 0.05) is 51.3 Å². The number of anilines is 4. The fourth-order valence-electron chi connectivity index (χ4n) is 10.6. The van der Waals surface area contributed by atoms with Gasteiger partial charge in [-0.1, -0.05) is 153 Å². The molecule has 0 bridgehead atoms. The molecule has 11 aromatic rings. The number of pyridine rings is 1. The van der Waals surface area contributed by atoms with E-state index in [0.29, 0.717) is 6.67 Å². The largest absolute Gasteiger partial charge is 0.457 e. The molecule has 0 aliphatic carbocycles. The van der Waals surface area contributed by atoms with Crippen LogP contribution < -0.4 is 14.5 Å². The monoisotopic (exact) mass is 940 g/mol. The molecule has 0 N–H and O–H groups in total. The van der Waals surface area contributed by atoms with Crippen molar-refractivity contribution >= 4 is 66.5 Å². The second-order valence-electron chi connectivity index (χ2n) is 22.6. The Morgan fingerprint density at radius 3 is 1.74 bits per heavy atom. The van der Waals surface area contributed by atoms with Crippen LogP contribution in [0.15, 0.2) is 193 Å². The van der Waals surface area contributed by atoms with Crippen LogP contribution >= 0.6 is 0 Å². The van der Waals surface area contributed by atoms with E-state index in [0.717, 1.165) is 78.1 Å². The summed E-state index contributed by atoms with van der Waals surface area (Å²) in [6.07, 6.45) is 1.93. The van der Waals surface area contributed by atoms with Crippen LogP contribution in [0, 0.1) is 0 Å². The molecule has 0 fully saturated rings. The second-order valence-corrected chi connectivity index (χ2v) is 22.6. The SMILES string of the molecule is CC(C)(C)c1cc(Oc2ccc3c4c5oc6ccccc6c5ccc4n(-c4cc(C(C)(C)C)ccn4)c3c2)cc(N2CN(c3c(-c4ccccc4)cc(C(C)(C)C)cc3-c3ccccc3)c3ccccc32)c1.